The summed E-state index contributed by atoms with van der Waals surface area (Å²) in [4.78, 5) is 0. The Morgan fingerprint density at radius 1 is 0.875 bits per heavy atom. The Morgan fingerprint density at radius 3 is 2.08 bits per heavy atom. The van der Waals surface area contributed by atoms with Gasteiger partial charge in [-0.3, -0.25) is 0 Å². The van der Waals surface area contributed by atoms with Crippen molar-refractivity contribution in [2.75, 3.05) is 4.43 Å². The molecule has 0 spiro atoms. The summed E-state index contributed by atoms with van der Waals surface area (Å²) < 4.78 is 29.2. The Balaban J connectivity index is 1.46. The maximum atomic E-state index is 13.5. The second-order valence-corrected chi connectivity index (χ2v) is 11.4. The van der Waals surface area contributed by atoms with E-state index in [4.69, 9.17) is 0 Å². The Kier molecular flexibility index (Phi) is 6.94. The average molecular weight is 447 g/mol. The van der Waals surface area contributed by atoms with Crippen LogP contribution in [0.5, 0.6) is 0 Å². The van der Waals surface area contributed by atoms with Crippen molar-refractivity contribution in [2.45, 2.75) is 74.6 Å². The fourth-order valence-electron chi connectivity index (χ4n) is 4.66. The van der Waals surface area contributed by atoms with Crippen LogP contribution in [-0.4, -0.2) is 8.35 Å². The molecule has 24 heavy (non-hydrogen) atoms. The Hall–Kier alpha value is -0.190. The molecule has 1 aromatic rings. The van der Waals surface area contributed by atoms with E-state index in [-0.39, 0.29) is 0 Å². The van der Waals surface area contributed by atoms with Gasteiger partial charge in [0.2, 0.25) is 0 Å². The van der Waals surface area contributed by atoms with Gasteiger partial charge in [-0.25, -0.2) is 4.39 Å². The SMILES string of the molecule is CCC[I-]C1CCC(C2CCC(c3ccc(F)c(F)c3)CC2)CC1. The zero-order chi connectivity index (χ0) is 16.9. The molecule has 3 rings (SSSR count). The minimum absolute atomic E-state index is 0.433. The monoisotopic (exact) mass is 447 g/mol. The molecule has 0 unspecified atom stereocenters. The van der Waals surface area contributed by atoms with Gasteiger partial charge in [-0.15, -0.1) is 0 Å². The van der Waals surface area contributed by atoms with Crippen LogP contribution in [0.2, 0.25) is 0 Å². The van der Waals surface area contributed by atoms with Crippen LogP contribution < -0.4 is 21.2 Å². The van der Waals surface area contributed by atoms with Gasteiger partial charge in [0.1, 0.15) is 0 Å². The Morgan fingerprint density at radius 2 is 1.50 bits per heavy atom. The van der Waals surface area contributed by atoms with E-state index in [2.05, 4.69) is 6.92 Å². The van der Waals surface area contributed by atoms with Gasteiger partial charge in [-0.05, 0) is 0 Å². The molecule has 2 aliphatic carbocycles. The molecule has 0 nitrogen and oxygen atoms in total. The van der Waals surface area contributed by atoms with Crippen LogP contribution in [0.25, 0.3) is 0 Å². The molecule has 0 radical (unpaired) electrons. The average Bonchev–Trinajstić information content (AvgIpc) is 2.63. The van der Waals surface area contributed by atoms with Crippen molar-refractivity contribution in [3.63, 3.8) is 0 Å². The predicted octanol–water partition coefficient (Wildman–Crippen LogP) is 3.30. The van der Waals surface area contributed by atoms with Gasteiger partial charge >= 0.3 is 152 Å². The van der Waals surface area contributed by atoms with Crippen LogP contribution in [-0.2, 0) is 0 Å². The van der Waals surface area contributed by atoms with Crippen molar-refractivity contribution in [1.82, 2.24) is 0 Å². The molecule has 0 bridgehead atoms. The zero-order valence-corrected chi connectivity index (χ0v) is 16.9. The van der Waals surface area contributed by atoms with E-state index < -0.39 is 11.6 Å². The van der Waals surface area contributed by atoms with E-state index >= 15 is 0 Å². The summed E-state index contributed by atoms with van der Waals surface area (Å²) in [6.07, 6.45) is 12.1. The maximum absolute atomic E-state index is 13.5. The number of hydrogen-bond acceptors (Lipinski definition) is 0. The molecule has 0 aliphatic heterocycles. The fraction of sp³-hybridized carbons (Fsp3) is 0.714. The summed E-state index contributed by atoms with van der Waals surface area (Å²) in [7, 11) is 0. The van der Waals surface area contributed by atoms with E-state index in [0.29, 0.717) is 27.1 Å². The van der Waals surface area contributed by atoms with E-state index in [9.17, 15) is 8.78 Å². The molecular weight excluding hydrogens is 417 g/mol. The van der Waals surface area contributed by atoms with Crippen LogP contribution in [0.15, 0.2) is 18.2 Å². The molecule has 136 valence electrons. The molecule has 0 amide bonds. The van der Waals surface area contributed by atoms with Crippen molar-refractivity contribution in [1.29, 1.82) is 0 Å². The van der Waals surface area contributed by atoms with Gasteiger partial charge in [0.25, 0.3) is 0 Å². The third-order valence-electron chi connectivity index (χ3n) is 6.07. The van der Waals surface area contributed by atoms with E-state index in [1.807, 2.05) is 0 Å². The summed E-state index contributed by atoms with van der Waals surface area (Å²) in [5.41, 5.74) is 1.00. The molecule has 0 heterocycles. The molecule has 3 heteroatoms. The molecule has 2 saturated carbocycles. The quantitative estimate of drug-likeness (QED) is 0.480. The molecule has 0 saturated heterocycles. The van der Waals surface area contributed by atoms with Crippen LogP contribution in [0.3, 0.4) is 0 Å². The third-order valence-corrected chi connectivity index (χ3v) is 10.3. The van der Waals surface area contributed by atoms with Gasteiger partial charge in [0.05, 0.1) is 0 Å². The molecule has 2 fully saturated rings. The second-order valence-electron chi connectivity index (χ2n) is 7.64. The zero-order valence-electron chi connectivity index (χ0n) is 14.7. The van der Waals surface area contributed by atoms with Crippen LogP contribution in [0.1, 0.15) is 76.2 Å². The van der Waals surface area contributed by atoms with E-state index in [1.54, 1.807) is 6.07 Å². The molecule has 0 atom stereocenters. The molecule has 2 aliphatic rings. The van der Waals surface area contributed by atoms with Crippen LogP contribution in [0.4, 0.5) is 8.78 Å². The van der Waals surface area contributed by atoms with Gasteiger partial charge in [0.15, 0.2) is 0 Å². The van der Waals surface area contributed by atoms with Gasteiger partial charge in [-0.1, -0.05) is 0 Å². The summed E-state index contributed by atoms with van der Waals surface area (Å²) in [6.45, 7) is 2.32. The minimum atomic E-state index is -0.727. The van der Waals surface area contributed by atoms with Crippen LogP contribution in [0, 0.1) is 23.5 Å². The topological polar surface area (TPSA) is 0 Å². The fourth-order valence-corrected chi connectivity index (χ4v) is 7.76. The van der Waals surface area contributed by atoms with Crippen molar-refractivity contribution in [2.24, 2.45) is 11.8 Å². The summed E-state index contributed by atoms with van der Waals surface area (Å²) in [5.74, 6) is 0.844. The Labute approximate surface area is 156 Å². The first-order valence-electron chi connectivity index (χ1n) is 9.70. The second kappa shape index (κ2) is 8.95. The van der Waals surface area contributed by atoms with Gasteiger partial charge < -0.3 is 0 Å². The van der Waals surface area contributed by atoms with Crippen molar-refractivity contribution in [3.05, 3.63) is 35.4 Å². The van der Waals surface area contributed by atoms with Gasteiger partial charge in [0, 0.05) is 0 Å². The first-order chi connectivity index (χ1) is 11.7. The number of benzene rings is 1. The number of halogens is 3. The molecular formula is C21H30F2I-. The summed E-state index contributed by atoms with van der Waals surface area (Å²) in [6, 6.07) is 4.49. The van der Waals surface area contributed by atoms with E-state index in [0.717, 1.165) is 34.2 Å². The number of rotatable bonds is 5. The Bertz CT molecular complexity index is 515. The van der Waals surface area contributed by atoms with Crippen molar-refractivity contribution >= 4 is 0 Å². The molecule has 1 aromatic carbocycles. The van der Waals surface area contributed by atoms with Crippen molar-refractivity contribution in [3.8, 4) is 0 Å². The summed E-state index contributed by atoms with van der Waals surface area (Å²) in [5, 5.41) is 0. The van der Waals surface area contributed by atoms with Crippen molar-refractivity contribution < 1.29 is 30.0 Å². The predicted molar refractivity (Wildman–Crippen MR) is 92.0 cm³/mol. The first kappa shape index (κ1) is 18.6. The summed E-state index contributed by atoms with van der Waals surface area (Å²) >= 11 is 0.455. The number of hydrogen-bond donors (Lipinski definition) is 0. The molecule has 0 N–H and O–H groups in total. The normalized spacial score (nSPS) is 31.3. The first-order valence-corrected chi connectivity index (χ1v) is 12.5. The van der Waals surface area contributed by atoms with Gasteiger partial charge in [-0.2, -0.15) is 0 Å². The van der Waals surface area contributed by atoms with E-state index in [1.165, 1.54) is 61.5 Å². The number of alkyl halides is 2. The molecule has 0 aromatic heterocycles. The van der Waals surface area contributed by atoms with Crippen LogP contribution >= 0.6 is 0 Å². The third kappa shape index (κ3) is 4.70. The standard InChI is InChI=1S/C21H30F2I/c1-2-13-24-19-10-7-16(8-11-19)15-3-5-17(6-4-15)18-9-12-20(22)21(23)14-18/h9,12,14-17,19H,2-8,10-11,13H2,1H3/q-1.